The first-order valence-electron chi connectivity index (χ1n) is 5.01. The summed E-state index contributed by atoms with van der Waals surface area (Å²) in [5.41, 5.74) is 5.60. The van der Waals surface area contributed by atoms with E-state index in [4.69, 9.17) is 10.3 Å². The van der Waals surface area contributed by atoms with Gasteiger partial charge in [0.2, 0.25) is 17.6 Å². The summed E-state index contributed by atoms with van der Waals surface area (Å²) in [7, 11) is 0. The van der Waals surface area contributed by atoms with E-state index in [0.717, 1.165) is 0 Å². The maximum absolute atomic E-state index is 13.5. The molecule has 1 aromatic carbocycles. The van der Waals surface area contributed by atoms with Gasteiger partial charge in [0.15, 0.2) is 0 Å². The first kappa shape index (κ1) is 10.4. The van der Waals surface area contributed by atoms with Gasteiger partial charge in [-0.3, -0.25) is 5.10 Å². The number of benzene rings is 1. The predicted molar refractivity (Wildman–Crippen MR) is 59.5 cm³/mol. The van der Waals surface area contributed by atoms with Crippen LogP contribution in [0.25, 0.3) is 23.1 Å². The highest BCUT2D eigenvalue weighted by atomic mass is 19.1. The topological polar surface area (TPSA) is 107 Å². The van der Waals surface area contributed by atoms with Crippen LogP contribution in [-0.4, -0.2) is 25.3 Å². The molecule has 3 N–H and O–H groups in total. The molecule has 0 spiro atoms. The third-order valence-electron chi connectivity index (χ3n) is 2.25. The molecule has 0 radical (unpaired) electrons. The Kier molecular flexibility index (Phi) is 2.26. The highest BCUT2D eigenvalue weighted by Crippen LogP contribution is 2.22. The Bertz CT molecular complexity index is 691. The number of nitrogens with one attached hydrogen (secondary N) is 1. The third-order valence-corrected chi connectivity index (χ3v) is 2.25. The summed E-state index contributed by atoms with van der Waals surface area (Å²) in [6.07, 6.45) is 0. The maximum Gasteiger partial charge on any atom is 0.295 e. The molecule has 0 bridgehead atoms. The van der Waals surface area contributed by atoms with E-state index in [9.17, 15) is 4.39 Å². The van der Waals surface area contributed by atoms with Crippen molar-refractivity contribution in [2.24, 2.45) is 0 Å². The standard InChI is InChI=1S/C10H7FN6O/c11-6-4-2-1-3-5(6)7-13-9(18-17-7)8-14-10(12)16-15-8/h1-4H,(H3,12,14,15,16). The smallest absolute Gasteiger partial charge is 0.295 e. The van der Waals surface area contributed by atoms with Crippen molar-refractivity contribution in [2.75, 3.05) is 5.73 Å². The van der Waals surface area contributed by atoms with Crippen LogP contribution in [0.5, 0.6) is 0 Å². The van der Waals surface area contributed by atoms with Crippen LogP contribution >= 0.6 is 0 Å². The first-order chi connectivity index (χ1) is 8.74. The maximum atomic E-state index is 13.5. The van der Waals surface area contributed by atoms with Crippen LogP contribution in [0.2, 0.25) is 0 Å². The number of rotatable bonds is 2. The van der Waals surface area contributed by atoms with Crippen LogP contribution in [0.3, 0.4) is 0 Å². The number of nitrogen functional groups attached to an aromatic ring is 1. The Morgan fingerprint density at radius 2 is 2.06 bits per heavy atom. The summed E-state index contributed by atoms with van der Waals surface area (Å²) in [5.74, 6) is 0.107. The summed E-state index contributed by atoms with van der Waals surface area (Å²) in [6, 6.07) is 6.13. The Morgan fingerprint density at radius 1 is 1.22 bits per heavy atom. The fourth-order valence-corrected chi connectivity index (χ4v) is 1.44. The molecule has 0 aliphatic rings. The molecule has 0 fully saturated rings. The lowest BCUT2D eigenvalue weighted by Gasteiger charge is -1.94. The third kappa shape index (κ3) is 1.69. The second-order valence-corrected chi connectivity index (χ2v) is 3.45. The van der Waals surface area contributed by atoms with E-state index in [2.05, 4.69) is 25.3 Å². The van der Waals surface area contributed by atoms with E-state index < -0.39 is 5.82 Å². The largest absolute Gasteiger partial charge is 0.366 e. The molecule has 2 aromatic heterocycles. The monoisotopic (exact) mass is 246 g/mol. The van der Waals surface area contributed by atoms with E-state index in [0.29, 0.717) is 0 Å². The Labute approximate surface area is 99.9 Å². The molecule has 8 heteroatoms. The molecule has 0 saturated carbocycles. The van der Waals surface area contributed by atoms with Gasteiger partial charge in [-0.25, -0.2) is 4.39 Å². The lowest BCUT2D eigenvalue weighted by Crippen LogP contribution is -1.87. The molecule has 0 atom stereocenters. The zero-order valence-corrected chi connectivity index (χ0v) is 8.96. The van der Waals surface area contributed by atoms with Crippen molar-refractivity contribution < 1.29 is 8.91 Å². The average Bonchev–Trinajstić information content (AvgIpc) is 2.98. The van der Waals surface area contributed by atoms with Crippen LogP contribution < -0.4 is 5.73 Å². The summed E-state index contributed by atoms with van der Waals surface area (Å²) < 4.78 is 18.5. The van der Waals surface area contributed by atoms with Crippen LogP contribution in [0.4, 0.5) is 10.3 Å². The van der Waals surface area contributed by atoms with Crippen molar-refractivity contribution in [2.45, 2.75) is 0 Å². The zero-order valence-electron chi connectivity index (χ0n) is 8.96. The van der Waals surface area contributed by atoms with Crippen molar-refractivity contribution in [3.05, 3.63) is 30.1 Å². The van der Waals surface area contributed by atoms with Gasteiger partial charge in [0, 0.05) is 0 Å². The van der Waals surface area contributed by atoms with Crippen LogP contribution in [0.15, 0.2) is 28.8 Å². The van der Waals surface area contributed by atoms with E-state index >= 15 is 0 Å². The number of H-pyrrole nitrogens is 1. The summed E-state index contributed by atoms with van der Waals surface area (Å²) in [6.45, 7) is 0. The van der Waals surface area contributed by atoms with Crippen molar-refractivity contribution in [3.8, 4) is 23.1 Å². The van der Waals surface area contributed by atoms with E-state index in [1.54, 1.807) is 18.2 Å². The quantitative estimate of drug-likeness (QED) is 0.704. The van der Waals surface area contributed by atoms with Crippen LogP contribution in [0, 0.1) is 5.82 Å². The number of anilines is 1. The molecule has 3 rings (SSSR count). The number of nitrogens with zero attached hydrogens (tertiary/aromatic N) is 4. The highest BCUT2D eigenvalue weighted by molar-refractivity contribution is 5.57. The van der Waals surface area contributed by atoms with Crippen LogP contribution in [-0.2, 0) is 0 Å². The van der Waals surface area contributed by atoms with Gasteiger partial charge in [-0.2, -0.15) is 9.97 Å². The van der Waals surface area contributed by atoms with Gasteiger partial charge in [0.25, 0.3) is 5.89 Å². The molecule has 0 aliphatic heterocycles. The van der Waals surface area contributed by atoms with Gasteiger partial charge < -0.3 is 10.3 Å². The Morgan fingerprint density at radius 3 is 2.78 bits per heavy atom. The number of hydrogen-bond acceptors (Lipinski definition) is 6. The molecule has 0 amide bonds. The van der Waals surface area contributed by atoms with Gasteiger partial charge >= 0.3 is 0 Å². The number of nitrogens with two attached hydrogens (primary N) is 1. The minimum absolute atomic E-state index is 0.0654. The van der Waals surface area contributed by atoms with Gasteiger partial charge in [-0.05, 0) is 12.1 Å². The van der Waals surface area contributed by atoms with E-state index in [1.165, 1.54) is 6.07 Å². The second kappa shape index (κ2) is 3.91. The van der Waals surface area contributed by atoms with Gasteiger partial charge in [-0.15, -0.1) is 5.10 Å². The molecule has 7 nitrogen and oxygen atoms in total. The summed E-state index contributed by atoms with van der Waals surface area (Å²) in [5, 5.41) is 9.84. The van der Waals surface area contributed by atoms with Crippen LogP contribution in [0.1, 0.15) is 0 Å². The molecule has 0 unspecified atom stereocenters. The molecule has 3 aromatic rings. The van der Waals surface area contributed by atoms with Crippen molar-refractivity contribution in [1.82, 2.24) is 25.3 Å². The molecular weight excluding hydrogens is 239 g/mol. The minimum Gasteiger partial charge on any atom is -0.366 e. The predicted octanol–water partition coefficient (Wildman–Crippen LogP) is 1.24. The van der Waals surface area contributed by atoms with Gasteiger partial charge in [0.05, 0.1) is 5.56 Å². The van der Waals surface area contributed by atoms with E-state index in [1.807, 2.05) is 0 Å². The molecule has 18 heavy (non-hydrogen) atoms. The second-order valence-electron chi connectivity index (χ2n) is 3.45. The average molecular weight is 246 g/mol. The fraction of sp³-hybridized carbons (Fsp3) is 0. The highest BCUT2D eigenvalue weighted by Gasteiger charge is 2.15. The van der Waals surface area contributed by atoms with Crippen molar-refractivity contribution >= 4 is 5.95 Å². The van der Waals surface area contributed by atoms with Gasteiger partial charge in [0.1, 0.15) is 5.82 Å². The molecular formula is C10H7FN6O. The van der Waals surface area contributed by atoms with Gasteiger partial charge in [-0.1, -0.05) is 17.3 Å². The summed E-state index contributed by atoms with van der Waals surface area (Å²) in [4.78, 5) is 7.85. The number of aromatic amines is 1. The molecule has 0 aliphatic carbocycles. The number of aromatic nitrogens is 5. The SMILES string of the molecule is Nc1n[nH]c(-c2nc(-c3ccccc3F)no2)n1. The summed E-state index contributed by atoms with van der Waals surface area (Å²) >= 11 is 0. The molecule has 90 valence electrons. The zero-order chi connectivity index (χ0) is 12.5. The first-order valence-corrected chi connectivity index (χ1v) is 5.01. The number of hydrogen-bond donors (Lipinski definition) is 2. The molecule has 2 heterocycles. The lowest BCUT2D eigenvalue weighted by molar-refractivity contribution is 0.429. The minimum atomic E-state index is -0.429. The fourth-order valence-electron chi connectivity index (χ4n) is 1.44. The Balaban J connectivity index is 2.02. The molecule has 0 saturated heterocycles. The van der Waals surface area contributed by atoms with Crippen molar-refractivity contribution in [1.29, 1.82) is 0 Å². The van der Waals surface area contributed by atoms with Crippen molar-refractivity contribution in [3.63, 3.8) is 0 Å². The Hall–Kier alpha value is -2.77. The lowest BCUT2D eigenvalue weighted by atomic mass is 10.2. The number of halogens is 1. The van der Waals surface area contributed by atoms with E-state index in [-0.39, 0.29) is 29.1 Å². The normalized spacial score (nSPS) is 10.7.